The Hall–Kier alpha value is -3.40. The summed E-state index contributed by atoms with van der Waals surface area (Å²) in [7, 11) is 1.17. The smallest absolute Gasteiger partial charge is 0.413 e. The Morgan fingerprint density at radius 2 is 1.78 bits per heavy atom. The molecule has 142 valence electrons. The predicted octanol–water partition coefficient (Wildman–Crippen LogP) is 3.11. The van der Waals surface area contributed by atoms with Crippen LogP contribution in [0.1, 0.15) is 0 Å². The van der Waals surface area contributed by atoms with Gasteiger partial charge in [-0.15, -0.1) is 0 Å². The number of anilines is 1. The minimum Gasteiger partial charge on any atom is -0.490 e. The van der Waals surface area contributed by atoms with Gasteiger partial charge in [0.15, 0.2) is 5.11 Å². The van der Waals surface area contributed by atoms with Crippen LogP contribution < -0.4 is 20.1 Å². The van der Waals surface area contributed by atoms with Gasteiger partial charge >= 0.3 is 6.09 Å². The molecule has 0 aliphatic heterocycles. The van der Waals surface area contributed by atoms with Gasteiger partial charge in [0.2, 0.25) is 0 Å². The maximum absolute atomic E-state index is 11.3. The number of nitrogens with one attached hydrogen (secondary N) is 2. The number of ether oxygens (including phenoxy) is 3. The van der Waals surface area contributed by atoms with E-state index in [1.807, 2.05) is 30.3 Å². The van der Waals surface area contributed by atoms with Crippen molar-refractivity contribution in [1.29, 1.82) is 0 Å². The van der Waals surface area contributed by atoms with Crippen LogP contribution in [0.3, 0.4) is 0 Å². The number of thiocarbonyl (C=S) groups is 1. The molecule has 9 nitrogen and oxygen atoms in total. The van der Waals surface area contributed by atoms with E-state index in [9.17, 15) is 14.9 Å². The van der Waals surface area contributed by atoms with Crippen LogP contribution in [0.15, 0.2) is 48.5 Å². The summed E-state index contributed by atoms with van der Waals surface area (Å²) in [6.45, 7) is 0.492. The molecule has 0 aromatic heterocycles. The van der Waals surface area contributed by atoms with Gasteiger partial charge in [-0.25, -0.2) is 4.79 Å². The highest BCUT2D eigenvalue weighted by atomic mass is 32.1. The molecular weight excluding hydrogens is 374 g/mol. The van der Waals surface area contributed by atoms with E-state index >= 15 is 0 Å². The summed E-state index contributed by atoms with van der Waals surface area (Å²) in [5.74, 6) is 1.01. The maximum atomic E-state index is 11.3. The number of para-hydroxylation sites is 1. The van der Waals surface area contributed by atoms with E-state index in [0.29, 0.717) is 11.5 Å². The van der Waals surface area contributed by atoms with E-state index in [4.69, 9.17) is 21.7 Å². The minimum absolute atomic E-state index is 0.106. The van der Waals surface area contributed by atoms with Crippen molar-refractivity contribution in [3.8, 4) is 11.5 Å². The normalized spacial score (nSPS) is 9.81. The van der Waals surface area contributed by atoms with E-state index in [1.165, 1.54) is 19.2 Å². The molecule has 2 N–H and O–H groups in total. The zero-order valence-electron chi connectivity index (χ0n) is 14.3. The largest absolute Gasteiger partial charge is 0.490 e. The monoisotopic (exact) mass is 391 g/mol. The Morgan fingerprint density at radius 1 is 1.11 bits per heavy atom. The molecule has 2 aromatic carbocycles. The molecule has 0 aliphatic rings. The van der Waals surface area contributed by atoms with Crippen LogP contribution in [0.4, 0.5) is 16.2 Å². The fourth-order valence-electron chi connectivity index (χ4n) is 1.99. The third-order valence-electron chi connectivity index (χ3n) is 3.18. The number of nitro groups is 1. The molecule has 27 heavy (non-hydrogen) atoms. The molecule has 0 atom stereocenters. The van der Waals surface area contributed by atoms with Crippen molar-refractivity contribution in [3.05, 3.63) is 58.6 Å². The van der Waals surface area contributed by atoms with E-state index in [2.05, 4.69) is 15.4 Å². The fraction of sp³-hybridized carbons (Fsp3) is 0.176. The highest BCUT2D eigenvalue weighted by Crippen LogP contribution is 2.29. The number of hydrogen-bond acceptors (Lipinski definition) is 7. The minimum atomic E-state index is -0.784. The number of carbonyl (C=O) groups is 1. The van der Waals surface area contributed by atoms with E-state index in [1.54, 1.807) is 6.07 Å². The number of benzene rings is 2. The molecule has 0 aliphatic carbocycles. The van der Waals surface area contributed by atoms with E-state index in [-0.39, 0.29) is 29.7 Å². The molecular formula is C17H17N3O6S. The maximum Gasteiger partial charge on any atom is 0.413 e. The first-order valence-electron chi connectivity index (χ1n) is 7.74. The summed E-state index contributed by atoms with van der Waals surface area (Å²) >= 11 is 4.90. The molecule has 2 rings (SSSR count). The van der Waals surface area contributed by atoms with E-state index < -0.39 is 11.0 Å². The first-order chi connectivity index (χ1) is 13.0. The second-order valence-electron chi connectivity index (χ2n) is 5.02. The first kappa shape index (κ1) is 19.9. The fourth-order valence-corrected chi connectivity index (χ4v) is 2.18. The van der Waals surface area contributed by atoms with Crippen LogP contribution in [-0.4, -0.2) is 36.5 Å². The Balaban J connectivity index is 1.94. The highest BCUT2D eigenvalue weighted by molar-refractivity contribution is 7.80. The number of nitrogens with zero attached hydrogens (tertiary/aromatic N) is 1. The van der Waals surface area contributed by atoms with Gasteiger partial charge in [0.05, 0.1) is 18.1 Å². The first-order valence-corrected chi connectivity index (χ1v) is 8.15. The van der Waals surface area contributed by atoms with Gasteiger partial charge in [-0.1, -0.05) is 18.2 Å². The van der Waals surface area contributed by atoms with Gasteiger partial charge in [0.25, 0.3) is 5.69 Å². The Morgan fingerprint density at radius 3 is 2.41 bits per heavy atom. The molecule has 10 heteroatoms. The van der Waals surface area contributed by atoms with Gasteiger partial charge < -0.3 is 19.5 Å². The SMILES string of the molecule is COC(=O)NC(=S)Nc1ccc(OCCOc2ccccc2)cc1[N+](=O)[O-]. The molecule has 0 saturated heterocycles. The van der Waals surface area contributed by atoms with Crippen molar-refractivity contribution < 1.29 is 23.9 Å². The quantitative estimate of drug-likeness (QED) is 0.320. The number of rotatable bonds is 7. The van der Waals surface area contributed by atoms with Crippen molar-refractivity contribution in [1.82, 2.24) is 5.32 Å². The van der Waals surface area contributed by atoms with Crippen molar-refractivity contribution in [2.24, 2.45) is 0 Å². The summed E-state index contributed by atoms with van der Waals surface area (Å²) in [5.41, 5.74) is -0.153. The standard InChI is InChI=1S/C17H17N3O6S/c1-24-17(21)19-16(27)18-14-8-7-13(11-15(14)20(22)23)26-10-9-25-12-5-3-2-4-6-12/h2-8,11H,9-10H2,1H3,(H2,18,19,21,27). The van der Waals surface area contributed by atoms with Crippen LogP contribution in [0.5, 0.6) is 11.5 Å². The molecule has 0 radical (unpaired) electrons. The summed E-state index contributed by atoms with van der Waals surface area (Å²) in [6.07, 6.45) is -0.784. The number of amides is 1. The molecule has 0 saturated carbocycles. The second-order valence-corrected chi connectivity index (χ2v) is 5.42. The van der Waals surface area contributed by atoms with Crippen LogP contribution in [0.25, 0.3) is 0 Å². The van der Waals surface area contributed by atoms with Gasteiger partial charge in [0, 0.05) is 0 Å². The zero-order valence-corrected chi connectivity index (χ0v) is 15.2. The number of hydrogen-bond donors (Lipinski definition) is 2. The van der Waals surface area contributed by atoms with Crippen molar-refractivity contribution in [2.45, 2.75) is 0 Å². The zero-order chi connectivity index (χ0) is 19.6. The van der Waals surface area contributed by atoms with Gasteiger partial charge in [-0.05, 0) is 36.5 Å². The van der Waals surface area contributed by atoms with Crippen molar-refractivity contribution >= 4 is 34.8 Å². The molecule has 1 amide bonds. The summed E-state index contributed by atoms with van der Waals surface area (Å²) in [6, 6.07) is 13.4. The number of methoxy groups -OCH3 is 1. The molecule has 0 bridgehead atoms. The number of carbonyl (C=O) groups excluding carboxylic acids is 1. The van der Waals surface area contributed by atoms with E-state index in [0.717, 1.165) is 0 Å². The molecule has 0 fully saturated rings. The summed E-state index contributed by atoms with van der Waals surface area (Å²) < 4.78 is 15.4. The van der Waals surface area contributed by atoms with Crippen LogP contribution in [0.2, 0.25) is 0 Å². The Labute approximate surface area is 160 Å². The highest BCUT2D eigenvalue weighted by Gasteiger charge is 2.17. The average Bonchev–Trinajstić information content (AvgIpc) is 2.66. The second kappa shape index (κ2) is 9.92. The van der Waals surface area contributed by atoms with Gasteiger partial charge in [0.1, 0.15) is 30.4 Å². The lowest BCUT2D eigenvalue weighted by atomic mass is 10.2. The van der Waals surface area contributed by atoms with Crippen LogP contribution >= 0.6 is 12.2 Å². The lowest BCUT2D eigenvalue weighted by Crippen LogP contribution is -2.34. The van der Waals surface area contributed by atoms with Crippen molar-refractivity contribution in [3.63, 3.8) is 0 Å². The lowest BCUT2D eigenvalue weighted by Gasteiger charge is -2.11. The lowest BCUT2D eigenvalue weighted by molar-refractivity contribution is -0.384. The molecule has 0 heterocycles. The summed E-state index contributed by atoms with van der Waals surface area (Å²) in [4.78, 5) is 21.8. The molecule has 0 spiro atoms. The van der Waals surface area contributed by atoms with Crippen LogP contribution in [-0.2, 0) is 4.74 Å². The number of nitro benzene ring substituents is 1. The third kappa shape index (κ3) is 6.44. The Kier molecular flexibility index (Phi) is 7.32. The van der Waals surface area contributed by atoms with Gasteiger partial charge in [-0.3, -0.25) is 15.4 Å². The molecule has 0 unspecified atom stereocenters. The predicted molar refractivity (Wildman–Crippen MR) is 102 cm³/mol. The average molecular weight is 391 g/mol. The topological polar surface area (TPSA) is 112 Å². The number of alkyl carbamates (subject to hydrolysis) is 1. The summed E-state index contributed by atoms with van der Waals surface area (Å²) in [5, 5.41) is 15.9. The third-order valence-corrected chi connectivity index (χ3v) is 3.38. The van der Waals surface area contributed by atoms with Crippen LogP contribution in [0, 0.1) is 10.1 Å². The van der Waals surface area contributed by atoms with Gasteiger partial charge in [-0.2, -0.15) is 0 Å². The Bertz CT molecular complexity index is 816. The molecule has 2 aromatic rings. The van der Waals surface area contributed by atoms with Crippen molar-refractivity contribution in [2.75, 3.05) is 25.6 Å².